The second-order valence-electron chi connectivity index (χ2n) is 4.03. The van der Waals surface area contributed by atoms with Crippen LogP contribution in [0.2, 0.25) is 0 Å². The van der Waals surface area contributed by atoms with Gasteiger partial charge in [0.25, 0.3) is 5.91 Å². The van der Waals surface area contributed by atoms with E-state index < -0.39 is 0 Å². The summed E-state index contributed by atoms with van der Waals surface area (Å²) in [7, 11) is 0. The van der Waals surface area contributed by atoms with Gasteiger partial charge in [-0.3, -0.25) is 9.78 Å². The Morgan fingerprint density at radius 1 is 1.71 bits per heavy atom. The third kappa shape index (κ3) is 2.84. The summed E-state index contributed by atoms with van der Waals surface area (Å²) >= 11 is 3.38. The molecule has 1 unspecified atom stereocenters. The predicted octanol–water partition coefficient (Wildman–Crippen LogP) is 1.63. The second-order valence-corrected chi connectivity index (χ2v) is 4.68. The Kier molecular flexibility index (Phi) is 4.12. The Morgan fingerprint density at radius 2 is 2.53 bits per heavy atom. The number of carbonyl (C=O) groups is 1. The molecule has 0 radical (unpaired) electrons. The minimum Gasteiger partial charge on any atom is -0.374 e. The first-order valence-electron chi connectivity index (χ1n) is 5.61. The van der Waals surface area contributed by atoms with Crippen LogP contribution in [0, 0.1) is 6.92 Å². The minimum absolute atomic E-state index is 0.0462. The maximum absolute atomic E-state index is 12.3. The Bertz CT molecular complexity index is 411. The molecule has 0 spiro atoms. The van der Waals surface area contributed by atoms with E-state index in [4.69, 9.17) is 4.74 Å². The first kappa shape index (κ1) is 12.5. The van der Waals surface area contributed by atoms with Gasteiger partial charge in [-0.15, -0.1) is 0 Å². The number of rotatable bonds is 2. The molecule has 1 atom stereocenters. The van der Waals surface area contributed by atoms with Gasteiger partial charge in [0, 0.05) is 30.3 Å². The lowest BCUT2D eigenvalue weighted by molar-refractivity contribution is -0.00970. The molecule has 4 nitrogen and oxygen atoms in total. The number of ether oxygens (including phenoxy) is 1. The smallest absolute Gasteiger partial charge is 0.255 e. The largest absolute Gasteiger partial charge is 0.374 e. The van der Waals surface area contributed by atoms with E-state index in [-0.39, 0.29) is 12.0 Å². The molecule has 1 aromatic heterocycles. The Labute approximate surface area is 109 Å². The van der Waals surface area contributed by atoms with Crippen LogP contribution in [0.25, 0.3) is 0 Å². The van der Waals surface area contributed by atoms with Gasteiger partial charge in [-0.05, 0) is 19.1 Å². The van der Waals surface area contributed by atoms with Gasteiger partial charge in [0.2, 0.25) is 0 Å². The zero-order valence-electron chi connectivity index (χ0n) is 9.73. The number of alkyl halides is 1. The van der Waals surface area contributed by atoms with Crippen LogP contribution in [0.1, 0.15) is 16.1 Å². The molecule has 92 valence electrons. The van der Waals surface area contributed by atoms with E-state index in [1.807, 2.05) is 17.9 Å². The van der Waals surface area contributed by atoms with Crippen LogP contribution >= 0.6 is 15.9 Å². The fraction of sp³-hybridized carbons (Fsp3) is 0.500. The van der Waals surface area contributed by atoms with Crippen molar-refractivity contribution in [3.05, 3.63) is 29.6 Å². The summed E-state index contributed by atoms with van der Waals surface area (Å²) in [5.74, 6) is 0.0462. The standard InChI is InChI=1S/C12H15BrN2O2/c1-9-11(3-2-4-14-9)12(16)15-5-6-17-10(7-13)8-15/h2-4,10H,5-8H2,1H3. The molecule has 0 saturated carbocycles. The van der Waals surface area contributed by atoms with Crippen LogP contribution in [0.4, 0.5) is 0 Å². The molecule has 2 rings (SSSR count). The number of hydrogen-bond acceptors (Lipinski definition) is 3. The van der Waals surface area contributed by atoms with Crippen LogP contribution in [-0.2, 0) is 4.74 Å². The monoisotopic (exact) mass is 298 g/mol. The number of aryl methyl sites for hydroxylation is 1. The van der Waals surface area contributed by atoms with Gasteiger partial charge in [0.05, 0.1) is 18.3 Å². The molecule has 1 aliphatic rings. The second kappa shape index (κ2) is 5.60. The zero-order chi connectivity index (χ0) is 12.3. The van der Waals surface area contributed by atoms with Gasteiger partial charge in [0.15, 0.2) is 0 Å². The number of aromatic nitrogens is 1. The summed E-state index contributed by atoms with van der Waals surface area (Å²) in [6.07, 6.45) is 1.79. The van der Waals surface area contributed by atoms with Crippen molar-refractivity contribution in [3.63, 3.8) is 0 Å². The van der Waals surface area contributed by atoms with Gasteiger partial charge in [0.1, 0.15) is 0 Å². The highest BCUT2D eigenvalue weighted by Crippen LogP contribution is 2.13. The summed E-state index contributed by atoms with van der Waals surface area (Å²) in [4.78, 5) is 18.3. The molecule has 1 saturated heterocycles. The first-order chi connectivity index (χ1) is 8.22. The molecule has 0 N–H and O–H groups in total. The lowest BCUT2D eigenvalue weighted by atomic mass is 10.1. The Balaban J connectivity index is 2.12. The molecule has 0 aromatic carbocycles. The summed E-state index contributed by atoms with van der Waals surface area (Å²) in [6, 6.07) is 3.62. The Morgan fingerprint density at radius 3 is 3.24 bits per heavy atom. The van der Waals surface area contributed by atoms with Gasteiger partial charge < -0.3 is 9.64 Å². The molecule has 0 aliphatic carbocycles. The van der Waals surface area contributed by atoms with Gasteiger partial charge in [-0.1, -0.05) is 15.9 Å². The predicted molar refractivity (Wildman–Crippen MR) is 68.4 cm³/mol. The maximum atomic E-state index is 12.3. The van der Waals surface area contributed by atoms with E-state index in [2.05, 4.69) is 20.9 Å². The normalized spacial score (nSPS) is 20.4. The van der Waals surface area contributed by atoms with E-state index >= 15 is 0 Å². The molecule has 0 bridgehead atoms. The third-order valence-corrected chi connectivity index (χ3v) is 3.56. The van der Waals surface area contributed by atoms with E-state index in [1.54, 1.807) is 12.3 Å². The minimum atomic E-state index is 0.0462. The Hall–Kier alpha value is -0.940. The number of nitrogens with zero attached hydrogens (tertiary/aromatic N) is 2. The maximum Gasteiger partial charge on any atom is 0.255 e. The van der Waals surface area contributed by atoms with Crippen molar-refractivity contribution in [1.29, 1.82) is 0 Å². The zero-order valence-corrected chi connectivity index (χ0v) is 11.3. The molecular formula is C12H15BrN2O2. The van der Waals surface area contributed by atoms with E-state index in [9.17, 15) is 4.79 Å². The quantitative estimate of drug-likeness (QED) is 0.780. The van der Waals surface area contributed by atoms with Crippen molar-refractivity contribution in [3.8, 4) is 0 Å². The van der Waals surface area contributed by atoms with Crippen molar-refractivity contribution < 1.29 is 9.53 Å². The van der Waals surface area contributed by atoms with Crippen molar-refractivity contribution in [1.82, 2.24) is 9.88 Å². The highest BCUT2D eigenvalue weighted by atomic mass is 79.9. The van der Waals surface area contributed by atoms with E-state index in [1.165, 1.54) is 0 Å². The van der Waals surface area contributed by atoms with Crippen molar-refractivity contribution in [2.75, 3.05) is 25.0 Å². The molecule has 1 fully saturated rings. The fourth-order valence-electron chi connectivity index (χ4n) is 1.88. The average molecular weight is 299 g/mol. The molecule has 1 aliphatic heterocycles. The van der Waals surface area contributed by atoms with Gasteiger partial charge >= 0.3 is 0 Å². The molecule has 1 aromatic rings. The van der Waals surface area contributed by atoms with Crippen LogP contribution in [0.5, 0.6) is 0 Å². The van der Waals surface area contributed by atoms with Crippen LogP contribution in [0.3, 0.4) is 0 Å². The number of pyridine rings is 1. The highest BCUT2D eigenvalue weighted by molar-refractivity contribution is 9.09. The lowest BCUT2D eigenvalue weighted by Crippen LogP contribution is -2.46. The van der Waals surface area contributed by atoms with Gasteiger partial charge in [-0.25, -0.2) is 0 Å². The van der Waals surface area contributed by atoms with Gasteiger partial charge in [-0.2, -0.15) is 0 Å². The van der Waals surface area contributed by atoms with E-state index in [0.29, 0.717) is 25.3 Å². The topological polar surface area (TPSA) is 42.4 Å². The number of carbonyl (C=O) groups excluding carboxylic acids is 1. The summed E-state index contributed by atoms with van der Waals surface area (Å²) < 4.78 is 5.52. The number of hydrogen-bond donors (Lipinski definition) is 0. The number of morpholine rings is 1. The lowest BCUT2D eigenvalue weighted by Gasteiger charge is -2.32. The van der Waals surface area contributed by atoms with Crippen molar-refractivity contribution in [2.45, 2.75) is 13.0 Å². The fourth-order valence-corrected chi connectivity index (χ4v) is 2.27. The third-order valence-electron chi connectivity index (χ3n) is 2.84. The van der Waals surface area contributed by atoms with Crippen LogP contribution in [-0.4, -0.2) is 46.9 Å². The first-order valence-corrected chi connectivity index (χ1v) is 6.73. The SMILES string of the molecule is Cc1ncccc1C(=O)N1CCOC(CBr)C1. The summed E-state index contributed by atoms with van der Waals surface area (Å²) in [5, 5.41) is 0.753. The number of amides is 1. The average Bonchev–Trinajstić information content (AvgIpc) is 2.38. The molecular weight excluding hydrogens is 284 g/mol. The summed E-state index contributed by atoms with van der Waals surface area (Å²) in [6.45, 7) is 3.74. The summed E-state index contributed by atoms with van der Waals surface area (Å²) in [5.41, 5.74) is 1.46. The van der Waals surface area contributed by atoms with E-state index in [0.717, 1.165) is 11.0 Å². The van der Waals surface area contributed by atoms with Crippen LogP contribution in [0.15, 0.2) is 18.3 Å². The molecule has 1 amide bonds. The van der Waals surface area contributed by atoms with Crippen molar-refractivity contribution in [2.24, 2.45) is 0 Å². The molecule has 5 heteroatoms. The molecule has 2 heterocycles. The number of halogens is 1. The highest BCUT2D eigenvalue weighted by Gasteiger charge is 2.25. The molecule has 17 heavy (non-hydrogen) atoms. The van der Waals surface area contributed by atoms with Crippen molar-refractivity contribution >= 4 is 21.8 Å². The van der Waals surface area contributed by atoms with Crippen LogP contribution < -0.4 is 0 Å².